The quantitative estimate of drug-likeness (QED) is 0.813. The fourth-order valence-electron chi connectivity index (χ4n) is 3.25. The molecule has 0 saturated heterocycles. The molecule has 3 rings (SSSR count). The maximum absolute atomic E-state index is 12.3. The van der Waals surface area contributed by atoms with E-state index in [9.17, 15) is 4.79 Å². The fraction of sp³-hybridized carbons (Fsp3) is 0.611. The van der Waals surface area contributed by atoms with Crippen molar-refractivity contribution >= 4 is 5.91 Å². The van der Waals surface area contributed by atoms with Crippen molar-refractivity contribution in [2.75, 3.05) is 13.2 Å². The van der Waals surface area contributed by atoms with Crippen LogP contribution in [0.5, 0.6) is 0 Å². The van der Waals surface area contributed by atoms with E-state index in [-0.39, 0.29) is 5.91 Å². The summed E-state index contributed by atoms with van der Waals surface area (Å²) < 4.78 is 13.2. The van der Waals surface area contributed by atoms with Crippen molar-refractivity contribution in [3.63, 3.8) is 0 Å². The average Bonchev–Trinajstić information content (AvgIpc) is 3.19. The first-order valence-electron chi connectivity index (χ1n) is 8.91. The van der Waals surface area contributed by atoms with Crippen molar-refractivity contribution in [1.29, 1.82) is 0 Å². The Morgan fingerprint density at radius 3 is 2.96 bits per heavy atom. The summed E-state index contributed by atoms with van der Waals surface area (Å²) in [4.78, 5) is 16.6. The molecule has 136 valence electrons. The molecule has 1 aliphatic carbocycles. The third-order valence-corrected chi connectivity index (χ3v) is 4.72. The first-order chi connectivity index (χ1) is 12.0. The molecule has 2 heterocycles. The van der Waals surface area contributed by atoms with E-state index in [4.69, 9.17) is 9.15 Å². The summed E-state index contributed by atoms with van der Waals surface area (Å²) >= 11 is 0. The second-order valence-corrected chi connectivity index (χ2v) is 6.75. The van der Waals surface area contributed by atoms with Crippen molar-refractivity contribution in [3.05, 3.63) is 23.8 Å². The van der Waals surface area contributed by atoms with Gasteiger partial charge in [0.05, 0.1) is 24.5 Å². The van der Waals surface area contributed by atoms with E-state index in [1.165, 1.54) is 19.3 Å². The molecule has 2 aromatic rings. The first kappa shape index (κ1) is 17.7. The molecule has 7 nitrogen and oxygen atoms in total. The van der Waals surface area contributed by atoms with E-state index >= 15 is 0 Å². The highest BCUT2D eigenvalue weighted by atomic mass is 16.5. The van der Waals surface area contributed by atoms with Crippen LogP contribution in [0.3, 0.4) is 0 Å². The lowest BCUT2D eigenvalue weighted by molar-refractivity contribution is -0.00295. The Morgan fingerprint density at radius 1 is 1.44 bits per heavy atom. The molecule has 0 radical (unpaired) electrons. The predicted molar refractivity (Wildman–Crippen MR) is 93.1 cm³/mol. The molecule has 2 atom stereocenters. The Bertz CT molecular complexity index is 722. The van der Waals surface area contributed by atoms with Gasteiger partial charge in [-0.25, -0.2) is 4.98 Å². The van der Waals surface area contributed by atoms with Gasteiger partial charge in [-0.2, -0.15) is 5.10 Å². The number of aromatic nitrogens is 3. The van der Waals surface area contributed by atoms with Crippen LogP contribution in [0.25, 0.3) is 11.5 Å². The SMILES string of the molecule is Cc1oc(-c2cnn(C)c2)nc1C(=O)NCCO[C@H]1CCCC[C@H]1C. The van der Waals surface area contributed by atoms with Crippen LogP contribution in [0, 0.1) is 12.8 Å². The third kappa shape index (κ3) is 4.28. The summed E-state index contributed by atoms with van der Waals surface area (Å²) in [6, 6.07) is 0. The molecule has 1 aliphatic rings. The molecule has 25 heavy (non-hydrogen) atoms. The van der Waals surface area contributed by atoms with Crippen molar-refractivity contribution in [3.8, 4) is 11.5 Å². The van der Waals surface area contributed by atoms with Gasteiger partial charge < -0.3 is 14.5 Å². The van der Waals surface area contributed by atoms with Crippen LogP contribution in [0.2, 0.25) is 0 Å². The zero-order valence-corrected chi connectivity index (χ0v) is 15.1. The lowest BCUT2D eigenvalue weighted by Gasteiger charge is -2.28. The first-order valence-corrected chi connectivity index (χ1v) is 8.91. The van der Waals surface area contributed by atoms with Gasteiger partial charge >= 0.3 is 0 Å². The predicted octanol–water partition coefficient (Wildman–Crippen LogP) is 2.71. The number of hydrogen-bond acceptors (Lipinski definition) is 5. The Hall–Kier alpha value is -2.15. The van der Waals surface area contributed by atoms with Gasteiger partial charge in [-0.3, -0.25) is 9.48 Å². The lowest BCUT2D eigenvalue weighted by Crippen LogP contribution is -2.32. The summed E-state index contributed by atoms with van der Waals surface area (Å²) in [6.45, 7) is 4.97. The molecule has 0 aliphatic heterocycles. The van der Waals surface area contributed by atoms with Crippen molar-refractivity contribution < 1.29 is 13.9 Å². The molecule has 1 N–H and O–H groups in total. The number of oxazole rings is 1. The van der Waals surface area contributed by atoms with Gasteiger partial charge in [0.25, 0.3) is 5.91 Å². The average molecular weight is 346 g/mol. The van der Waals surface area contributed by atoms with E-state index in [1.807, 2.05) is 7.05 Å². The van der Waals surface area contributed by atoms with Gasteiger partial charge in [-0.05, 0) is 25.7 Å². The van der Waals surface area contributed by atoms with Gasteiger partial charge in [0.2, 0.25) is 5.89 Å². The van der Waals surface area contributed by atoms with Crippen LogP contribution in [0.4, 0.5) is 0 Å². The number of ether oxygens (including phenoxy) is 1. The summed E-state index contributed by atoms with van der Waals surface area (Å²) in [7, 11) is 1.82. The van der Waals surface area contributed by atoms with Gasteiger partial charge in [-0.15, -0.1) is 0 Å². The smallest absolute Gasteiger partial charge is 0.273 e. The fourth-order valence-corrected chi connectivity index (χ4v) is 3.25. The molecule has 2 aromatic heterocycles. The molecular weight excluding hydrogens is 320 g/mol. The highest BCUT2D eigenvalue weighted by Crippen LogP contribution is 2.26. The number of aryl methyl sites for hydroxylation is 2. The Morgan fingerprint density at radius 2 is 2.24 bits per heavy atom. The molecule has 0 bridgehead atoms. The summed E-state index contributed by atoms with van der Waals surface area (Å²) in [6.07, 6.45) is 8.65. The van der Waals surface area contributed by atoms with E-state index in [2.05, 4.69) is 22.3 Å². The number of carbonyl (C=O) groups excluding carboxylic acids is 1. The highest BCUT2D eigenvalue weighted by Gasteiger charge is 2.22. The molecule has 7 heteroatoms. The van der Waals surface area contributed by atoms with Crippen molar-refractivity contribution in [1.82, 2.24) is 20.1 Å². The second kappa shape index (κ2) is 7.82. The Balaban J connectivity index is 1.50. The largest absolute Gasteiger partial charge is 0.440 e. The summed E-state index contributed by atoms with van der Waals surface area (Å²) in [5.74, 6) is 1.27. The minimum atomic E-state index is -0.239. The number of amides is 1. The summed E-state index contributed by atoms with van der Waals surface area (Å²) in [5.41, 5.74) is 1.06. The van der Waals surface area contributed by atoms with Crippen LogP contribution >= 0.6 is 0 Å². The molecule has 1 saturated carbocycles. The zero-order chi connectivity index (χ0) is 17.8. The van der Waals surface area contributed by atoms with Crippen molar-refractivity contribution in [2.45, 2.75) is 45.6 Å². The standard InChI is InChI=1S/C18H26N4O3/c1-12-6-4-5-7-15(12)24-9-8-19-17(23)16-13(2)25-18(21-16)14-10-20-22(3)11-14/h10-12,15H,4-9H2,1-3H3,(H,19,23)/t12-,15+/m1/s1. The Labute approximate surface area is 147 Å². The van der Waals surface area contributed by atoms with Gasteiger partial charge in [-0.1, -0.05) is 19.8 Å². The monoisotopic (exact) mass is 346 g/mol. The lowest BCUT2D eigenvalue weighted by atomic mass is 9.88. The van der Waals surface area contributed by atoms with E-state index < -0.39 is 0 Å². The van der Waals surface area contributed by atoms with Gasteiger partial charge in [0, 0.05) is 19.8 Å². The number of nitrogens with zero attached hydrogens (tertiary/aromatic N) is 3. The molecular formula is C18H26N4O3. The number of carbonyl (C=O) groups is 1. The number of rotatable bonds is 6. The van der Waals surface area contributed by atoms with Crippen LogP contribution < -0.4 is 5.32 Å². The van der Waals surface area contributed by atoms with Crippen LogP contribution in [-0.2, 0) is 11.8 Å². The minimum absolute atomic E-state index is 0.239. The van der Waals surface area contributed by atoms with Crippen LogP contribution in [-0.4, -0.2) is 39.9 Å². The maximum Gasteiger partial charge on any atom is 0.273 e. The molecule has 0 spiro atoms. The van der Waals surface area contributed by atoms with E-state index in [0.29, 0.717) is 42.5 Å². The van der Waals surface area contributed by atoms with E-state index in [1.54, 1.807) is 24.0 Å². The second-order valence-electron chi connectivity index (χ2n) is 6.75. The van der Waals surface area contributed by atoms with Crippen LogP contribution in [0.1, 0.15) is 48.9 Å². The molecule has 1 amide bonds. The normalized spacial score (nSPS) is 20.6. The molecule has 0 unspecified atom stereocenters. The zero-order valence-electron chi connectivity index (χ0n) is 15.1. The van der Waals surface area contributed by atoms with Gasteiger partial charge in [0.15, 0.2) is 5.69 Å². The summed E-state index contributed by atoms with van der Waals surface area (Å²) in [5, 5.41) is 6.94. The number of nitrogens with one attached hydrogen (secondary N) is 1. The maximum atomic E-state index is 12.3. The molecule has 1 fully saturated rings. The van der Waals surface area contributed by atoms with Crippen LogP contribution in [0.15, 0.2) is 16.8 Å². The van der Waals surface area contributed by atoms with Crippen molar-refractivity contribution in [2.24, 2.45) is 13.0 Å². The molecule has 0 aromatic carbocycles. The topological polar surface area (TPSA) is 82.2 Å². The number of hydrogen-bond donors (Lipinski definition) is 1. The van der Waals surface area contributed by atoms with E-state index in [0.717, 1.165) is 12.0 Å². The Kier molecular flexibility index (Phi) is 5.53. The highest BCUT2D eigenvalue weighted by molar-refractivity contribution is 5.93. The third-order valence-electron chi connectivity index (χ3n) is 4.72. The van der Waals surface area contributed by atoms with Gasteiger partial charge in [0.1, 0.15) is 5.76 Å². The minimum Gasteiger partial charge on any atom is -0.440 e.